The third-order valence-corrected chi connectivity index (χ3v) is 5.66. The standard InChI is InChI=1S/C18H32N6OS.HI/c1-5-20-18(21-9-6-16-13(2)22-14(3)26-16)23-15-7-10-24(11-8-15)12-17(25)19-4;/h15H,5-12H2,1-4H3,(H,19,25)(H2,20,21,23);1H. The average molecular weight is 508 g/mol. The molecule has 0 radical (unpaired) electrons. The van der Waals surface area contributed by atoms with Crippen LogP contribution in [0.15, 0.2) is 4.99 Å². The summed E-state index contributed by atoms with van der Waals surface area (Å²) in [6, 6.07) is 0.404. The summed E-state index contributed by atoms with van der Waals surface area (Å²) in [5.41, 5.74) is 1.13. The highest BCUT2D eigenvalue weighted by Crippen LogP contribution is 2.17. The molecular formula is C18H33IN6OS. The molecule has 0 atom stereocenters. The molecule has 1 aromatic rings. The van der Waals surface area contributed by atoms with Crippen molar-refractivity contribution in [2.24, 2.45) is 4.99 Å². The van der Waals surface area contributed by atoms with Gasteiger partial charge in [-0.25, -0.2) is 4.98 Å². The second kappa shape index (κ2) is 12.5. The van der Waals surface area contributed by atoms with Gasteiger partial charge >= 0.3 is 0 Å². The van der Waals surface area contributed by atoms with Gasteiger partial charge in [0.1, 0.15) is 0 Å². The van der Waals surface area contributed by atoms with E-state index in [9.17, 15) is 4.79 Å². The van der Waals surface area contributed by atoms with E-state index < -0.39 is 0 Å². The molecule has 0 spiro atoms. The zero-order chi connectivity index (χ0) is 18.9. The molecule has 9 heteroatoms. The number of hydrogen-bond acceptors (Lipinski definition) is 5. The molecule has 1 aromatic heterocycles. The molecule has 154 valence electrons. The highest BCUT2D eigenvalue weighted by Gasteiger charge is 2.21. The minimum absolute atomic E-state index is 0. The Labute approximate surface area is 183 Å². The molecule has 3 N–H and O–H groups in total. The smallest absolute Gasteiger partial charge is 0.233 e. The Kier molecular flexibility index (Phi) is 11.2. The van der Waals surface area contributed by atoms with Crippen LogP contribution in [0.4, 0.5) is 0 Å². The SMILES string of the molecule is CCNC(=NCCc1sc(C)nc1C)NC1CCN(CC(=O)NC)CC1.I. The fraction of sp³-hybridized carbons (Fsp3) is 0.722. The van der Waals surface area contributed by atoms with Crippen molar-refractivity contribution in [3.8, 4) is 0 Å². The predicted octanol–water partition coefficient (Wildman–Crippen LogP) is 1.69. The average Bonchev–Trinajstić information content (AvgIpc) is 2.94. The third-order valence-electron chi connectivity index (χ3n) is 4.53. The van der Waals surface area contributed by atoms with Crippen molar-refractivity contribution >= 4 is 47.2 Å². The fourth-order valence-electron chi connectivity index (χ4n) is 3.11. The summed E-state index contributed by atoms with van der Waals surface area (Å²) in [6.45, 7) is 10.2. The van der Waals surface area contributed by atoms with E-state index in [1.165, 1.54) is 4.88 Å². The monoisotopic (exact) mass is 508 g/mol. The van der Waals surface area contributed by atoms with Gasteiger partial charge in [0.05, 0.1) is 17.2 Å². The number of nitrogens with one attached hydrogen (secondary N) is 3. The van der Waals surface area contributed by atoms with E-state index in [0.29, 0.717) is 12.6 Å². The maximum absolute atomic E-state index is 11.5. The van der Waals surface area contributed by atoms with Gasteiger partial charge in [0, 0.05) is 50.6 Å². The molecule has 1 fully saturated rings. The lowest BCUT2D eigenvalue weighted by atomic mass is 10.1. The Morgan fingerprint density at radius 2 is 2.04 bits per heavy atom. The predicted molar refractivity (Wildman–Crippen MR) is 123 cm³/mol. The number of amides is 1. The van der Waals surface area contributed by atoms with Crippen molar-refractivity contribution in [2.45, 2.75) is 46.1 Å². The molecule has 27 heavy (non-hydrogen) atoms. The van der Waals surface area contributed by atoms with Gasteiger partial charge in [-0.1, -0.05) is 0 Å². The van der Waals surface area contributed by atoms with E-state index >= 15 is 0 Å². The number of rotatable bonds is 7. The van der Waals surface area contributed by atoms with E-state index in [1.54, 1.807) is 18.4 Å². The zero-order valence-electron chi connectivity index (χ0n) is 16.8. The van der Waals surface area contributed by atoms with Gasteiger partial charge in [0.25, 0.3) is 0 Å². The molecule has 7 nitrogen and oxygen atoms in total. The van der Waals surface area contributed by atoms with Crippen molar-refractivity contribution in [3.05, 3.63) is 15.6 Å². The van der Waals surface area contributed by atoms with E-state index in [2.05, 4.69) is 39.7 Å². The number of aryl methyl sites for hydroxylation is 2. The van der Waals surface area contributed by atoms with E-state index in [0.717, 1.165) is 62.1 Å². The highest BCUT2D eigenvalue weighted by atomic mass is 127. The van der Waals surface area contributed by atoms with Crippen LogP contribution in [-0.2, 0) is 11.2 Å². The van der Waals surface area contributed by atoms with Gasteiger partial charge in [0.15, 0.2) is 5.96 Å². The van der Waals surface area contributed by atoms with Crippen LogP contribution in [0.3, 0.4) is 0 Å². The molecule has 0 unspecified atom stereocenters. The Morgan fingerprint density at radius 3 is 2.59 bits per heavy atom. The lowest BCUT2D eigenvalue weighted by Crippen LogP contribution is -2.50. The summed E-state index contributed by atoms with van der Waals surface area (Å²) < 4.78 is 0. The van der Waals surface area contributed by atoms with Crippen molar-refractivity contribution in [1.29, 1.82) is 0 Å². The lowest BCUT2D eigenvalue weighted by Gasteiger charge is -2.32. The molecule has 0 aromatic carbocycles. The number of aromatic nitrogens is 1. The number of hydrogen-bond donors (Lipinski definition) is 3. The van der Waals surface area contributed by atoms with Crippen molar-refractivity contribution in [1.82, 2.24) is 25.8 Å². The van der Waals surface area contributed by atoms with E-state index in [-0.39, 0.29) is 29.9 Å². The number of nitrogens with zero attached hydrogens (tertiary/aromatic N) is 3. The van der Waals surface area contributed by atoms with Gasteiger partial charge in [0.2, 0.25) is 5.91 Å². The highest BCUT2D eigenvalue weighted by molar-refractivity contribution is 14.0. The van der Waals surface area contributed by atoms with Crippen LogP contribution in [0.2, 0.25) is 0 Å². The number of halogens is 1. The van der Waals surface area contributed by atoms with Gasteiger partial charge < -0.3 is 16.0 Å². The summed E-state index contributed by atoms with van der Waals surface area (Å²) >= 11 is 1.76. The lowest BCUT2D eigenvalue weighted by molar-refractivity contribution is -0.122. The number of aliphatic imine (C=N–C) groups is 1. The first-order valence-corrected chi connectivity index (χ1v) is 10.2. The Balaban J connectivity index is 0.00000364. The second-order valence-corrected chi connectivity index (χ2v) is 7.91. The molecule has 0 saturated carbocycles. The van der Waals surface area contributed by atoms with Crippen molar-refractivity contribution < 1.29 is 4.79 Å². The fourth-order valence-corrected chi connectivity index (χ4v) is 4.03. The quantitative estimate of drug-likeness (QED) is 0.297. The van der Waals surface area contributed by atoms with E-state index in [1.807, 2.05) is 6.92 Å². The first kappa shape index (κ1) is 24.1. The molecule has 0 bridgehead atoms. The summed E-state index contributed by atoms with van der Waals surface area (Å²) in [5.74, 6) is 0.969. The Hall–Kier alpha value is -0.940. The Morgan fingerprint density at radius 1 is 1.33 bits per heavy atom. The van der Waals surface area contributed by atoms with Crippen LogP contribution in [0.25, 0.3) is 0 Å². The zero-order valence-corrected chi connectivity index (χ0v) is 19.9. The third kappa shape index (κ3) is 8.30. The number of carbonyl (C=O) groups is 1. The molecule has 2 rings (SSSR count). The number of likely N-dealkylation sites (tertiary alicyclic amines) is 1. The number of likely N-dealkylation sites (N-methyl/N-ethyl adjacent to an activating group) is 1. The van der Waals surface area contributed by atoms with Crippen LogP contribution < -0.4 is 16.0 Å². The van der Waals surface area contributed by atoms with Crippen LogP contribution >= 0.6 is 35.3 Å². The van der Waals surface area contributed by atoms with Gasteiger partial charge in [-0.3, -0.25) is 14.7 Å². The molecule has 1 saturated heterocycles. The topological polar surface area (TPSA) is 81.7 Å². The summed E-state index contributed by atoms with van der Waals surface area (Å²) in [7, 11) is 1.69. The van der Waals surface area contributed by atoms with Crippen molar-refractivity contribution in [2.75, 3.05) is 39.8 Å². The molecule has 1 amide bonds. The van der Waals surface area contributed by atoms with Crippen LogP contribution in [-0.4, -0.2) is 67.6 Å². The first-order valence-electron chi connectivity index (χ1n) is 9.42. The minimum atomic E-state index is 0. The normalized spacial score (nSPS) is 15.9. The number of piperidine rings is 1. The van der Waals surface area contributed by atoms with Crippen LogP contribution in [0.1, 0.15) is 35.3 Å². The largest absolute Gasteiger partial charge is 0.358 e. The summed E-state index contributed by atoms with van der Waals surface area (Å²) in [5, 5.41) is 10.7. The van der Waals surface area contributed by atoms with Crippen LogP contribution in [0, 0.1) is 13.8 Å². The summed E-state index contributed by atoms with van der Waals surface area (Å²) in [6.07, 6.45) is 2.97. The number of guanidine groups is 1. The number of carbonyl (C=O) groups excluding carboxylic acids is 1. The van der Waals surface area contributed by atoms with Crippen LogP contribution in [0.5, 0.6) is 0 Å². The maximum Gasteiger partial charge on any atom is 0.233 e. The molecule has 1 aliphatic heterocycles. The molecule has 0 aliphatic carbocycles. The molecule has 1 aliphatic rings. The summed E-state index contributed by atoms with van der Waals surface area (Å²) in [4.78, 5) is 24.2. The second-order valence-electron chi connectivity index (χ2n) is 6.62. The van der Waals surface area contributed by atoms with Crippen molar-refractivity contribution in [3.63, 3.8) is 0 Å². The molecular weight excluding hydrogens is 475 g/mol. The molecule has 2 heterocycles. The number of thiazole rings is 1. The van der Waals surface area contributed by atoms with Gasteiger partial charge in [-0.15, -0.1) is 35.3 Å². The minimum Gasteiger partial charge on any atom is -0.358 e. The van der Waals surface area contributed by atoms with Gasteiger partial charge in [-0.05, 0) is 33.6 Å². The Bertz CT molecular complexity index is 613. The maximum atomic E-state index is 11.5. The van der Waals surface area contributed by atoms with E-state index in [4.69, 9.17) is 4.99 Å². The first-order chi connectivity index (χ1) is 12.5. The van der Waals surface area contributed by atoms with Gasteiger partial charge in [-0.2, -0.15) is 0 Å².